The fourth-order valence-electron chi connectivity index (χ4n) is 4.75. The Morgan fingerprint density at radius 2 is 2.00 bits per heavy atom. The fourth-order valence-corrected chi connectivity index (χ4v) is 7.43. The van der Waals surface area contributed by atoms with Gasteiger partial charge in [-0.05, 0) is 53.0 Å². The quantitative estimate of drug-likeness (QED) is 0.460. The van der Waals surface area contributed by atoms with E-state index in [2.05, 4.69) is 16.5 Å². The molecule has 2 atom stereocenters. The highest BCUT2D eigenvalue weighted by molar-refractivity contribution is 7.99. The normalized spacial score (nSPS) is 23.0. The maximum absolute atomic E-state index is 13.1. The third-order valence-corrected chi connectivity index (χ3v) is 9.25. The zero-order valence-electron chi connectivity index (χ0n) is 18.7. The number of rotatable bonds is 7. The van der Waals surface area contributed by atoms with Crippen molar-refractivity contribution >= 4 is 27.4 Å². The first-order chi connectivity index (χ1) is 14.7. The molecule has 0 radical (unpaired) electrons. The smallest absolute Gasteiger partial charge is 0.175 e. The Hall–Kier alpha value is -1.58. The van der Waals surface area contributed by atoms with Gasteiger partial charge in [-0.2, -0.15) is 0 Å². The molecule has 4 heterocycles. The minimum absolute atomic E-state index is 0.0483. The Kier molecular flexibility index (Phi) is 6.38. The second kappa shape index (κ2) is 8.75. The topological polar surface area (TPSA) is 83.2 Å². The van der Waals surface area contributed by atoms with Crippen molar-refractivity contribution in [2.75, 3.05) is 23.9 Å². The molecule has 0 amide bonds. The van der Waals surface area contributed by atoms with Crippen molar-refractivity contribution in [3.8, 4) is 0 Å². The first kappa shape index (κ1) is 22.6. The summed E-state index contributed by atoms with van der Waals surface area (Å²) in [6.45, 7) is 9.51. The number of thioether (sulfide) groups is 1. The van der Waals surface area contributed by atoms with Crippen molar-refractivity contribution in [1.82, 2.24) is 14.1 Å². The van der Waals surface area contributed by atoms with Crippen LogP contribution in [0, 0.1) is 27.7 Å². The zero-order chi connectivity index (χ0) is 22.3. The first-order valence-corrected chi connectivity index (χ1v) is 13.7. The van der Waals surface area contributed by atoms with E-state index in [0.717, 1.165) is 53.9 Å². The number of carbonyl (C=O) groups excluding carboxylic acids is 1. The molecule has 2 saturated heterocycles. The van der Waals surface area contributed by atoms with Crippen LogP contribution in [0.5, 0.6) is 0 Å². The molecular weight excluding hydrogens is 434 g/mol. The number of aromatic nitrogens is 3. The standard InChI is InChI=1S/C22H31N3O4S2/c1-14-10-20(17(4)25(14)18-7-9-31(27,28)13-18)21(26)12-30-22-23-15(2)16(3)24(22)11-19-6-5-8-29-19/h10,18-19H,5-9,11-13H2,1-4H3. The molecule has 0 bridgehead atoms. The minimum Gasteiger partial charge on any atom is -0.376 e. The molecule has 0 N–H and O–H groups in total. The van der Waals surface area contributed by atoms with Crippen molar-refractivity contribution in [2.45, 2.75) is 70.8 Å². The lowest BCUT2D eigenvalue weighted by Crippen LogP contribution is -2.17. The summed E-state index contributed by atoms with van der Waals surface area (Å²) < 4.78 is 33.8. The lowest BCUT2D eigenvalue weighted by Gasteiger charge is -2.16. The van der Waals surface area contributed by atoms with Crippen LogP contribution >= 0.6 is 11.8 Å². The molecule has 0 saturated carbocycles. The molecule has 2 unspecified atom stereocenters. The SMILES string of the molecule is Cc1nc(SCC(=O)c2cc(C)n(C3CCS(=O)(=O)C3)c2C)n(CC2CCCO2)c1C. The highest BCUT2D eigenvalue weighted by Crippen LogP contribution is 2.30. The van der Waals surface area contributed by atoms with Crippen molar-refractivity contribution in [3.05, 3.63) is 34.4 Å². The first-order valence-electron chi connectivity index (χ1n) is 10.9. The summed E-state index contributed by atoms with van der Waals surface area (Å²) in [5, 5.41) is 0.856. The Morgan fingerprint density at radius 1 is 1.23 bits per heavy atom. The van der Waals surface area contributed by atoms with E-state index < -0.39 is 9.84 Å². The Labute approximate surface area is 188 Å². The Morgan fingerprint density at radius 3 is 2.65 bits per heavy atom. The second-order valence-corrected chi connectivity index (χ2v) is 11.9. The lowest BCUT2D eigenvalue weighted by atomic mass is 10.2. The molecule has 0 aliphatic carbocycles. The number of imidazole rings is 1. The number of ketones is 1. The van der Waals surface area contributed by atoms with Crippen LogP contribution in [0.3, 0.4) is 0 Å². The molecule has 0 spiro atoms. The molecule has 4 rings (SSSR count). The predicted molar refractivity (Wildman–Crippen MR) is 122 cm³/mol. The van der Waals surface area contributed by atoms with Crippen LogP contribution in [0.25, 0.3) is 0 Å². The van der Waals surface area contributed by atoms with Crippen LogP contribution in [0.2, 0.25) is 0 Å². The average Bonchev–Trinajstić information content (AvgIpc) is 3.46. The van der Waals surface area contributed by atoms with Gasteiger partial charge in [0.2, 0.25) is 0 Å². The van der Waals surface area contributed by atoms with E-state index in [-0.39, 0.29) is 29.4 Å². The average molecular weight is 466 g/mol. The summed E-state index contributed by atoms with van der Waals surface area (Å²) in [4.78, 5) is 17.8. The number of sulfone groups is 1. The van der Waals surface area contributed by atoms with E-state index >= 15 is 0 Å². The fraction of sp³-hybridized carbons (Fsp3) is 0.636. The number of hydrogen-bond acceptors (Lipinski definition) is 6. The largest absolute Gasteiger partial charge is 0.376 e. The summed E-state index contributed by atoms with van der Waals surface area (Å²) in [6.07, 6.45) is 2.98. The van der Waals surface area contributed by atoms with Crippen molar-refractivity contribution in [3.63, 3.8) is 0 Å². The van der Waals surface area contributed by atoms with Gasteiger partial charge in [-0.3, -0.25) is 4.79 Å². The van der Waals surface area contributed by atoms with Gasteiger partial charge >= 0.3 is 0 Å². The highest BCUT2D eigenvalue weighted by Gasteiger charge is 2.31. The Balaban J connectivity index is 1.49. The van der Waals surface area contributed by atoms with Gasteiger partial charge in [0, 0.05) is 35.3 Å². The van der Waals surface area contributed by atoms with Crippen LogP contribution in [0.1, 0.15) is 58.4 Å². The summed E-state index contributed by atoms with van der Waals surface area (Å²) >= 11 is 1.47. The van der Waals surface area contributed by atoms with Gasteiger partial charge in [0.1, 0.15) is 0 Å². The van der Waals surface area contributed by atoms with Gasteiger partial charge in [-0.1, -0.05) is 11.8 Å². The number of carbonyl (C=O) groups is 1. The minimum atomic E-state index is -2.98. The van der Waals surface area contributed by atoms with Gasteiger partial charge in [0.25, 0.3) is 0 Å². The predicted octanol–water partition coefficient (Wildman–Crippen LogP) is 3.43. The molecule has 2 aliphatic heterocycles. The van der Waals surface area contributed by atoms with Crippen LogP contribution in [0.15, 0.2) is 11.2 Å². The molecule has 7 nitrogen and oxygen atoms in total. The molecule has 9 heteroatoms. The van der Waals surface area contributed by atoms with E-state index in [0.29, 0.717) is 17.7 Å². The molecule has 170 valence electrons. The van der Waals surface area contributed by atoms with Crippen molar-refractivity contribution in [1.29, 1.82) is 0 Å². The van der Waals surface area contributed by atoms with Crippen molar-refractivity contribution < 1.29 is 17.9 Å². The Bertz CT molecular complexity index is 1090. The van der Waals surface area contributed by atoms with Crippen LogP contribution in [0.4, 0.5) is 0 Å². The summed E-state index contributed by atoms with van der Waals surface area (Å²) in [5.74, 6) is 0.728. The summed E-state index contributed by atoms with van der Waals surface area (Å²) in [7, 11) is -2.98. The molecule has 2 fully saturated rings. The van der Waals surface area contributed by atoms with E-state index in [1.54, 1.807) is 0 Å². The number of Topliss-reactive ketones (excluding diaryl/α,β-unsaturated/α-hetero) is 1. The second-order valence-electron chi connectivity index (χ2n) is 8.73. The monoisotopic (exact) mass is 465 g/mol. The van der Waals surface area contributed by atoms with Gasteiger partial charge in [0.15, 0.2) is 20.8 Å². The zero-order valence-corrected chi connectivity index (χ0v) is 20.3. The van der Waals surface area contributed by atoms with Crippen LogP contribution in [-0.2, 0) is 21.1 Å². The van der Waals surface area contributed by atoms with E-state index in [4.69, 9.17) is 4.74 Å². The van der Waals surface area contributed by atoms with Gasteiger partial charge in [-0.15, -0.1) is 0 Å². The highest BCUT2D eigenvalue weighted by atomic mass is 32.2. The maximum atomic E-state index is 13.1. The number of hydrogen-bond donors (Lipinski definition) is 0. The van der Waals surface area contributed by atoms with E-state index in [1.165, 1.54) is 11.8 Å². The van der Waals surface area contributed by atoms with Crippen molar-refractivity contribution in [2.24, 2.45) is 0 Å². The number of nitrogens with zero attached hydrogens (tertiary/aromatic N) is 3. The van der Waals surface area contributed by atoms with E-state index in [9.17, 15) is 13.2 Å². The van der Waals surface area contributed by atoms with Crippen LogP contribution < -0.4 is 0 Å². The summed E-state index contributed by atoms with van der Waals surface area (Å²) in [6, 6.07) is 1.83. The molecule has 2 aliphatic rings. The van der Waals surface area contributed by atoms with Gasteiger partial charge in [0.05, 0.1) is 35.6 Å². The van der Waals surface area contributed by atoms with Gasteiger partial charge < -0.3 is 13.9 Å². The van der Waals surface area contributed by atoms with E-state index in [1.807, 2.05) is 31.4 Å². The summed E-state index contributed by atoms with van der Waals surface area (Å²) in [5.41, 5.74) is 4.58. The van der Waals surface area contributed by atoms with Crippen LogP contribution in [-0.4, -0.2) is 58.3 Å². The molecule has 31 heavy (non-hydrogen) atoms. The molecule has 2 aromatic rings. The molecule has 2 aromatic heterocycles. The molecular formula is C22H31N3O4S2. The third-order valence-electron chi connectivity index (χ3n) is 6.52. The number of aryl methyl sites for hydroxylation is 2. The lowest BCUT2D eigenvalue weighted by molar-refractivity contribution is 0.0945. The maximum Gasteiger partial charge on any atom is 0.175 e. The third kappa shape index (κ3) is 4.64. The molecule has 0 aromatic carbocycles. The van der Waals surface area contributed by atoms with Gasteiger partial charge in [-0.25, -0.2) is 13.4 Å². The number of ether oxygens (including phenoxy) is 1.